The van der Waals surface area contributed by atoms with Gasteiger partial charge < -0.3 is 20.7 Å². The fourth-order valence-corrected chi connectivity index (χ4v) is 4.80. The average molecular weight is 599 g/mol. The second kappa shape index (κ2) is 29.9. The number of hydrogen-bond acceptors (Lipinski definition) is 6. The lowest BCUT2D eigenvalue weighted by molar-refractivity contribution is -0.525. The Morgan fingerprint density at radius 1 is 0.690 bits per heavy atom. The summed E-state index contributed by atoms with van der Waals surface area (Å²) in [6.07, 6.45) is 24.2. The molecule has 0 aromatic carbocycles. The fraction of sp³-hybridized carbons (Fsp3) is 0.903. The summed E-state index contributed by atoms with van der Waals surface area (Å²) in [5.74, 6) is -0.689. The highest BCUT2D eigenvalue weighted by atomic mass is 16.7. The van der Waals surface area contributed by atoms with Gasteiger partial charge in [0, 0.05) is 13.1 Å². The first-order chi connectivity index (χ1) is 20.4. The van der Waals surface area contributed by atoms with Gasteiger partial charge in [0.25, 0.3) is 5.96 Å². The highest BCUT2D eigenvalue weighted by Crippen LogP contribution is 2.11. The number of ether oxygens (including phenoxy) is 1. The standard InChI is InChI=1S/C31H62N6O5/c1-3-5-7-9-11-13-15-17-19-21-25-33-29(38)28(24-23-26-34-30(32)36-37(40)41)35-31(39)42-27-22-20-18-16-14-12-10-8-6-4-2/h28H,3-27H2,1-2H3,(H,33,38)(H,35,39)(H3,32,34,36). The van der Waals surface area contributed by atoms with Gasteiger partial charge in [0.15, 0.2) is 5.03 Å². The number of unbranched alkanes of at least 4 members (excludes halogenated alkanes) is 18. The third-order valence-corrected chi connectivity index (χ3v) is 7.34. The van der Waals surface area contributed by atoms with Crippen LogP contribution in [-0.2, 0) is 9.53 Å². The van der Waals surface area contributed by atoms with Gasteiger partial charge in [-0.25, -0.2) is 14.9 Å². The topological polar surface area (TPSA) is 158 Å². The van der Waals surface area contributed by atoms with Crippen LogP contribution in [0.5, 0.6) is 0 Å². The minimum atomic E-state index is -0.814. The third kappa shape index (κ3) is 27.6. The van der Waals surface area contributed by atoms with Crippen LogP contribution < -0.4 is 21.4 Å². The zero-order valence-electron chi connectivity index (χ0n) is 26.7. The van der Waals surface area contributed by atoms with Gasteiger partial charge in [-0.05, 0) is 25.7 Å². The molecule has 2 amide bonds. The molecule has 0 rings (SSSR count). The molecular formula is C31H62N6O5. The van der Waals surface area contributed by atoms with Crippen molar-refractivity contribution in [1.29, 1.82) is 5.41 Å². The number of nitro groups is 1. The maximum atomic E-state index is 12.8. The van der Waals surface area contributed by atoms with E-state index < -0.39 is 23.1 Å². The van der Waals surface area contributed by atoms with Gasteiger partial charge in [-0.15, -0.1) is 0 Å². The van der Waals surface area contributed by atoms with Crippen molar-refractivity contribution in [3.63, 3.8) is 0 Å². The molecule has 0 bridgehead atoms. The van der Waals surface area contributed by atoms with E-state index in [0.717, 1.165) is 38.5 Å². The number of amides is 2. The van der Waals surface area contributed by atoms with Crippen LogP contribution in [0.1, 0.15) is 155 Å². The van der Waals surface area contributed by atoms with Crippen molar-refractivity contribution in [2.45, 2.75) is 161 Å². The molecule has 1 unspecified atom stereocenters. The molecule has 0 saturated heterocycles. The van der Waals surface area contributed by atoms with E-state index in [0.29, 0.717) is 26.0 Å². The third-order valence-electron chi connectivity index (χ3n) is 7.34. The Morgan fingerprint density at radius 2 is 1.14 bits per heavy atom. The van der Waals surface area contributed by atoms with Crippen LogP contribution in [0.15, 0.2) is 0 Å². The van der Waals surface area contributed by atoms with Gasteiger partial charge in [-0.3, -0.25) is 10.2 Å². The Kier molecular flexibility index (Phi) is 28.0. The normalized spacial score (nSPS) is 11.5. The molecule has 0 aromatic rings. The van der Waals surface area contributed by atoms with Crippen LogP contribution >= 0.6 is 0 Å². The lowest BCUT2D eigenvalue weighted by Gasteiger charge is -2.18. The molecule has 11 heteroatoms. The Balaban J connectivity index is 4.27. The van der Waals surface area contributed by atoms with E-state index in [9.17, 15) is 19.7 Å². The molecule has 0 spiro atoms. The van der Waals surface area contributed by atoms with Crippen molar-refractivity contribution < 1.29 is 19.4 Å². The van der Waals surface area contributed by atoms with Crippen LogP contribution in [0, 0.1) is 15.5 Å². The van der Waals surface area contributed by atoms with E-state index in [4.69, 9.17) is 10.1 Å². The van der Waals surface area contributed by atoms with Gasteiger partial charge in [0.2, 0.25) is 5.91 Å². The number of carbonyl (C=O) groups is 2. The summed E-state index contributed by atoms with van der Waals surface area (Å²) in [4.78, 5) is 35.6. The number of hydrazine groups is 1. The summed E-state index contributed by atoms with van der Waals surface area (Å²) in [5, 5.41) is 25.3. The number of nitrogens with zero attached hydrogens (tertiary/aromatic N) is 1. The molecule has 0 aliphatic rings. The molecule has 1 atom stereocenters. The molecule has 42 heavy (non-hydrogen) atoms. The summed E-state index contributed by atoms with van der Waals surface area (Å²) in [6, 6.07) is -0.771. The van der Waals surface area contributed by atoms with Crippen molar-refractivity contribution in [2.75, 3.05) is 19.7 Å². The Labute approximate surface area is 255 Å². The van der Waals surface area contributed by atoms with E-state index >= 15 is 0 Å². The highest BCUT2D eigenvalue weighted by molar-refractivity contribution is 5.85. The number of carbonyl (C=O) groups excluding carboxylic acids is 2. The molecule has 0 aliphatic heterocycles. The minimum absolute atomic E-state index is 0.247. The summed E-state index contributed by atoms with van der Waals surface area (Å²) in [7, 11) is 0. The number of alkyl carbamates (subject to hydrolysis) is 1. The minimum Gasteiger partial charge on any atom is -0.450 e. The van der Waals surface area contributed by atoms with Crippen LogP contribution in [0.3, 0.4) is 0 Å². The smallest absolute Gasteiger partial charge is 0.407 e. The molecular weight excluding hydrogens is 536 g/mol. The molecule has 5 N–H and O–H groups in total. The number of rotatable bonds is 29. The molecule has 0 fully saturated rings. The van der Waals surface area contributed by atoms with Crippen molar-refractivity contribution in [3.05, 3.63) is 10.1 Å². The maximum Gasteiger partial charge on any atom is 0.407 e. The van der Waals surface area contributed by atoms with Gasteiger partial charge >= 0.3 is 6.09 Å². The van der Waals surface area contributed by atoms with Crippen LogP contribution in [0.4, 0.5) is 4.79 Å². The zero-order valence-corrected chi connectivity index (χ0v) is 26.7. The summed E-state index contributed by atoms with van der Waals surface area (Å²) in [5.41, 5.74) is 1.73. The van der Waals surface area contributed by atoms with Gasteiger partial charge in [0.05, 0.1) is 6.61 Å². The predicted octanol–water partition coefficient (Wildman–Crippen LogP) is 7.13. The Hall–Kier alpha value is -2.59. The fourth-order valence-electron chi connectivity index (χ4n) is 4.80. The van der Waals surface area contributed by atoms with Gasteiger partial charge in [0.1, 0.15) is 6.04 Å². The van der Waals surface area contributed by atoms with E-state index in [1.54, 1.807) is 5.43 Å². The first kappa shape index (κ1) is 39.4. The number of nitrogens with one attached hydrogen (secondary N) is 5. The molecule has 11 nitrogen and oxygen atoms in total. The predicted molar refractivity (Wildman–Crippen MR) is 170 cm³/mol. The number of guanidine groups is 1. The lowest BCUT2D eigenvalue weighted by Crippen LogP contribution is -2.47. The Morgan fingerprint density at radius 3 is 1.64 bits per heavy atom. The van der Waals surface area contributed by atoms with E-state index in [-0.39, 0.29) is 12.5 Å². The quantitative estimate of drug-likeness (QED) is 0.0201. The van der Waals surface area contributed by atoms with Gasteiger partial charge in [-0.2, -0.15) is 0 Å². The molecule has 0 heterocycles. The van der Waals surface area contributed by atoms with Crippen molar-refractivity contribution >= 4 is 18.0 Å². The van der Waals surface area contributed by atoms with Crippen LogP contribution in [0.2, 0.25) is 0 Å². The molecule has 0 saturated carbocycles. The van der Waals surface area contributed by atoms with Gasteiger partial charge in [-0.1, -0.05) is 135 Å². The first-order valence-corrected chi connectivity index (χ1v) is 16.8. The monoisotopic (exact) mass is 598 g/mol. The zero-order chi connectivity index (χ0) is 31.1. The van der Waals surface area contributed by atoms with Crippen LogP contribution in [-0.4, -0.2) is 48.7 Å². The Bertz CT molecular complexity index is 695. The summed E-state index contributed by atoms with van der Waals surface area (Å²) < 4.78 is 5.33. The van der Waals surface area contributed by atoms with Crippen molar-refractivity contribution in [3.8, 4) is 0 Å². The lowest BCUT2D eigenvalue weighted by atomic mass is 10.1. The maximum absolute atomic E-state index is 12.8. The second-order valence-electron chi connectivity index (χ2n) is 11.3. The highest BCUT2D eigenvalue weighted by Gasteiger charge is 2.21. The van der Waals surface area contributed by atoms with Crippen molar-refractivity contribution in [1.82, 2.24) is 21.4 Å². The largest absolute Gasteiger partial charge is 0.450 e. The van der Waals surface area contributed by atoms with Crippen LogP contribution in [0.25, 0.3) is 0 Å². The van der Waals surface area contributed by atoms with Crippen molar-refractivity contribution in [2.24, 2.45) is 0 Å². The van der Waals surface area contributed by atoms with E-state index in [1.165, 1.54) is 89.9 Å². The molecule has 0 radical (unpaired) electrons. The number of hydrogen-bond donors (Lipinski definition) is 5. The molecule has 246 valence electrons. The van der Waals surface area contributed by atoms with E-state index in [1.807, 2.05) is 0 Å². The average Bonchev–Trinajstić information content (AvgIpc) is 2.95. The first-order valence-electron chi connectivity index (χ1n) is 16.8. The summed E-state index contributed by atoms with van der Waals surface area (Å²) >= 11 is 0. The second-order valence-corrected chi connectivity index (χ2v) is 11.3. The molecule has 0 aliphatic carbocycles. The molecule has 0 aromatic heterocycles. The SMILES string of the molecule is CCCCCCCCCCCCNC(=O)C(CCCNC(=N)N[N+](=O)[O-])NC(=O)OCCCCCCCCCCCC. The van der Waals surface area contributed by atoms with E-state index in [2.05, 4.69) is 29.8 Å². The summed E-state index contributed by atoms with van der Waals surface area (Å²) in [6.45, 7) is 5.58.